The van der Waals surface area contributed by atoms with Crippen molar-refractivity contribution >= 4 is 11.6 Å². The number of non-ortho nitro benzene ring substituents is 1. The van der Waals surface area contributed by atoms with Crippen molar-refractivity contribution in [3.63, 3.8) is 0 Å². The van der Waals surface area contributed by atoms with E-state index in [2.05, 4.69) is 0 Å². The molecular weight excluding hydrogens is 248 g/mol. The van der Waals surface area contributed by atoms with Crippen LogP contribution in [-0.4, -0.2) is 40.0 Å². The fraction of sp³-hybridized carbons (Fsp3) is 0.462. The molecule has 1 aromatic carbocycles. The number of nitro groups is 1. The number of nitro benzene ring substituents is 1. The highest BCUT2D eigenvalue weighted by Crippen LogP contribution is 2.19. The Kier molecular flexibility index (Phi) is 4.11. The zero-order valence-corrected chi connectivity index (χ0v) is 10.5. The minimum absolute atomic E-state index is 0.00794. The molecule has 1 heterocycles. The van der Waals surface area contributed by atoms with Gasteiger partial charge in [-0.3, -0.25) is 14.9 Å². The normalized spacial score (nSPS) is 18.6. The van der Waals surface area contributed by atoms with E-state index >= 15 is 0 Å². The third kappa shape index (κ3) is 3.08. The second kappa shape index (κ2) is 5.79. The molecule has 1 amide bonds. The summed E-state index contributed by atoms with van der Waals surface area (Å²) < 4.78 is 0. The maximum Gasteiger partial charge on any atom is 0.269 e. The van der Waals surface area contributed by atoms with Crippen molar-refractivity contribution in [3.05, 3.63) is 39.9 Å². The number of hydrogen-bond donors (Lipinski definition) is 1. The highest BCUT2D eigenvalue weighted by Gasteiger charge is 2.27. The van der Waals surface area contributed by atoms with Crippen LogP contribution in [0.4, 0.5) is 5.69 Å². The maximum atomic E-state index is 12.1. The van der Waals surface area contributed by atoms with Crippen LogP contribution in [0.3, 0.4) is 0 Å². The summed E-state index contributed by atoms with van der Waals surface area (Å²) in [7, 11) is 0. The summed E-state index contributed by atoms with van der Waals surface area (Å²) in [6.07, 6.45) is 1.97. The number of likely N-dealkylation sites (tertiary alicyclic amines) is 1. The lowest BCUT2D eigenvalue weighted by Crippen LogP contribution is -2.38. The lowest BCUT2D eigenvalue weighted by atomic mass is 10.1. The summed E-state index contributed by atoms with van der Waals surface area (Å²) >= 11 is 0. The van der Waals surface area contributed by atoms with Crippen molar-refractivity contribution in [3.8, 4) is 0 Å². The average Bonchev–Trinajstić information content (AvgIpc) is 2.87. The van der Waals surface area contributed by atoms with E-state index in [4.69, 9.17) is 0 Å². The van der Waals surface area contributed by atoms with E-state index in [9.17, 15) is 20.0 Å². The quantitative estimate of drug-likeness (QED) is 0.652. The van der Waals surface area contributed by atoms with Crippen LogP contribution in [0.15, 0.2) is 24.3 Å². The van der Waals surface area contributed by atoms with Gasteiger partial charge in [0.15, 0.2) is 0 Å². The molecule has 6 nitrogen and oxygen atoms in total. The van der Waals surface area contributed by atoms with Gasteiger partial charge < -0.3 is 10.0 Å². The van der Waals surface area contributed by atoms with Gasteiger partial charge >= 0.3 is 0 Å². The molecular formula is C13H16N2O4. The summed E-state index contributed by atoms with van der Waals surface area (Å²) in [5.74, 6) is -0.0367. The van der Waals surface area contributed by atoms with E-state index in [-0.39, 0.29) is 30.7 Å². The van der Waals surface area contributed by atoms with Gasteiger partial charge in [0.25, 0.3) is 5.69 Å². The number of rotatable bonds is 4. The number of carbonyl (C=O) groups is 1. The zero-order valence-electron chi connectivity index (χ0n) is 10.5. The third-order valence-electron chi connectivity index (χ3n) is 3.41. The number of nitrogens with zero attached hydrogens (tertiary/aromatic N) is 2. The summed E-state index contributed by atoms with van der Waals surface area (Å²) in [5.41, 5.74) is 0.768. The highest BCUT2D eigenvalue weighted by atomic mass is 16.6. The molecule has 0 radical (unpaired) electrons. The van der Waals surface area contributed by atoms with Gasteiger partial charge in [0.2, 0.25) is 5.91 Å². The van der Waals surface area contributed by atoms with Gasteiger partial charge in [-0.1, -0.05) is 12.1 Å². The molecule has 1 fully saturated rings. The van der Waals surface area contributed by atoms with Gasteiger partial charge in [0, 0.05) is 18.7 Å². The third-order valence-corrected chi connectivity index (χ3v) is 3.41. The number of amides is 1. The van der Waals surface area contributed by atoms with E-state index in [0.29, 0.717) is 6.54 Å². The van der Waals surface area contributed by atoms with Crippen molar-refractivity contribution < 1.29 is 14.8 Å². The van der Waals surface area contributed by atoms with Crippen LogP contribution in [0, 0.1) is 10.1 Å². The lowest BCUT2D eigenvalue weighted by Gasteiger charge is -2.23. The second-order valence-corrected chi connectivity index (χ2v) is 4.67. The Hall–Kier alpha value is -1.95. The van der Waals surface area contributed by atoms with Crippen LogP contribution in [0.25, 0.3) is 0 Å². The fourth-order valence-corrected chi connectivity index (χ4v) is 2.37. The van der Waals surface area contributed by atoms with E-state index in [0.717, 1.165) is 18.4 Å². The topological polar surface area (TPSA) is 83.7 Å². The predicted octanol–water partition coefficient (Wildman–Crippen LogP) is 1.12. The van der Waals surface area contributed by atoms with Crippen molar-refractivity contribution in [2.75, 3.05) is 13.2 Å². The Balaban J connectivity index is 2.00. The smallest absolute Gasteiger partial charge is 0.269 e. The monoisotopic (exact) mass is 264 g/mol. The predicted molar refractivity (Wildman–Crippen MR) is 68.6 cm³/mol. The summed E-state index contributed by atoms with van der Waals surface area (Å²) in [6.45, 7) is 0.670. The van der Waals surface area contributed by atoms with E-state index in [1.165, 1.54) is 12.1 Å². The molecule has 0 bridgehead atoms. The van der Waals surface area contributed by atoms with E-state index < -0.39 is 4.92 Å². The first-order chi connectivity index (χ1) is 9.11. The first kappa shape index (κ1) is 13.5. The molecule has 102 valence electrons. The van der Waals surface area contributed by atoms with Crippen molar-refractivity contribution in [1.82, 2.24) is 4.90 Å². The van der Waals surface area contributed by atoms with Crippen LogP contribution >= 0.6 is 0 Å². The average molecular weight is 264 g/mol. The fourth-order valence-electron chi connectivity index (χ4n) is 2.37. The second-order valence-electron chi connectivity index (χ2n) is 4.67. The Labute approximate surface area is 110 Å². The van der Waals surface area contributed by atoms with Crippen LogP contribution in [0.2, 0.25) is 0 Å². The number of carbonyl (C=O) groups excluding carboxylic acids is 1. The number of benzene rings is 1. The van der Waals surface area contributed by atoms with E-state index in [1.54, 1.807) is 17.0 Å². The number of aliphatic hydroxyl groups is 1. The van der Waals surface area contributed by atoms with Crippen molar-refractivity contribution in [2.24, 2.45) is 0 Å². The molecule has 1 atom stereocenters. The Morgan fingerprint density at radius 2 is 2.11 bits per heavy atom. The van der Waals surface area contributed by atoms with Crippen LogP contribution < -0.4 is 0 Å². The van der Waals surface area contributed by atoms with Crippen LogP contribution in [0.5, 0.6) is 0 Å². The van der Waals surface area contributed by atoms with Gasteiger partial charge in [0.05, 0.1) is 24.0 Å². The number of hydrogen-bond acceptors (Lipinski definition) is 4. The standard InChI is InChI=1S/C13H16N2O4/c16-9-12-2-1-7-14(12)13(17)8-10-3-5-11(6-4-10)15(18)19/h3-6,12,16H,1-2,7-9H2/t12-/m0/s1. The molecule has 1 aromatic rings. The molecule has 19 heavy (non-hydrogen) atoms. The van der Waals surface area contributed by atoms with Gasteiger partial charge in [-0.15, -0.1) is 0 Å². The van der Waals surface area contributed by atoms with Gasteiger partial charge in [-0.25, -0.2) is 0 Å². The van der Waals surface area contributed by atoms with E-state index in [1.807, 2.05) is 0 Å². The largest absolute Gasteiger partial charge is 0.394 e. The molecule has 0 unspecified atom stereocenters. The molecule has 0 saturated carbocycles. The number of aliphatic hydroxyl groups excluding tert-OH is 1. The van der Waals surface area contributed by atoms with Gasteiger partial charge in [-0.2, -0.15) is 0 Å². The summed E-state index contributed by atoms with van der Waals surface area (Å²) in [4.78, 5) is 23.8. The molecule has 0 spiro atoms. The first-order valence-corrected chi connectivity index (χ1v) is 6.25. The minimum Gasteiger partial charge on any atom is -0.394 e. The van der Waals surface area contributed by atoms with Gasteiger partial charge in [-0.05, 0) is 18.4 Å². The van der Waals surface area contributed by atoms with Crippen LogP contribution in [-0.2, 0) is 11.2 Å². The Morgan fingerprint density at radius 1 is 1.42 bits per heavy atom. The molecule has 1 aliphatic heterocycles. The van der Waals surface area contributed by atoms with Crippen molar-refractivity contribution in [2.45, 2.75) is 25.3 Å². The molecule has 1 aliphatic rings. The molecule has 2 rings (SSSR count). The Morgan fingerprint density at radius 3 is 2.68 bits per heavy atom. The zero-order chi connectivity index (χ0) is 13.8. The summed E-state index contributed by atoms with van der Waals surface area (Å²) in [6, 6.07) is 5.91. The maximum absolute atomic E-state index is 12.1. The highest BCUT2D eigenvalue weighted by molar-refractivity contribution is 5.79. The van der Waals surface area contributed by atoms with Gasteiger partial charge in [0.1, 0.15) is 0 Å². The summed E-state index contributed by atoms with van der Waals surface area (Å²) in [5, 5.41) is 19.7. The minimum atomic E-state index is -0.464. The molecule has 6 heteroatoms. The van der Waals surface area contributed by atoms with Crippen LogP contribution in [0.1, 0.15) is 18.4 Å². The first-order valence-electron chi connectivity index (χ1n) is 6.25. The lowest BCUT2D eigenvalue weighted by molar-refractivity contribution is -0.384. The molecule has 0 aromatic heterocycles. The molecule has 0 aliphatic carbocycles. The Bertz CT molecular complexity index is 472. The molecule has 1 N–H and O–H groups in total. The SMILES string of the molecule is O=C(Cc1ccc([N+](=O)[O-])cc1)N1CCC[C@H]1CO. The molecule has 1 saturated heterocycles. The van der Waals surface area contributed by atoms with Crippen molar-refractivity contribution in [1.29, 1.82) is 0 Å².